The number of anilines is 1. The Morgan fingerprint density at radius 2 is 1.45 bits per heavy atom. The molecule has 170 valence electrons. The number of ether oxygens (including phenoxy) is 1. The number of rotatable bonds is 7. The lowest BCUT2D eigenvalue weighted by Gasteiger charge is -2.21. The van der Waals surface area contributed by atoms with E-state index in [9.17, 15) is 16.8 Å². The summed E-state index contributed by atoms with van der Waals surface area (Å²) >= 11 is 0. The van der Waals surface area contributed by atoms with Gasteiger partial charge >= 0.3 is 0 Å². The van der Waals surface area contributed by atoms with E-state index in [1.54, 1.807) is 24.3 Å². The molecule has 1 aliphatic rings. The van der Waals surface area contributed by atoms with Crippen LogP contribution < -0.4 is 9.46 Å². The van der Waals surface area contributed by atoms with Crippen LogP contribution in [0.25, 0.3) is 0 Å². The average Bonchev–Trinajstić information content (AvgIpc) is 3.03. The molecule has 1 heterocycles. The Hall–Kier alpha value is -2.10. The van der Waals surface area contributed by atoms with Crippen molar-refractivity contribution in [2.24, 2.45) is 0 Å². The maximum Gasteiger partial charge on any atom is 0.262 e. The highest BCUT2D eigenvalue weighted by molar-refractivity contribution is 7.92. The molecule has 9 heteroatoms. The first-order valence-electron chi connectivity index (χ1n) is 10.5. The Labute approximate surface area is 185 Å². The monoisotopic (exact) mass is 466 g/mol. The lowest BCUT2D eigenvalue weighted by Crippen LogP contribution is -2.32. The standard InChI is InChI=1S/C22H30N2O5S2/c1-17(2)18-8-10-19(11-9-18)30(25,26)23-21-16-20(12-13-22(21)29-3)31(27,28)24-14-6-4-5-7-15-24/h8-13,16-17,23H,4-7,14-15H2,1-3H3. The van der Waals surface area contributed by atoms with E-state index in [0.29, 0.717) is 13.1 Å². The van der Waals surface area contributed by atoms with E-state index in [-0.39, 0.29) is 27.1 Å². The average molecular weight is 467 g/mol. The van der Waals surface area contributed by atoms with E-state index in [0.717, 1.165) is 31.2 Å². The lowest BCUT2D eigenvalue weighted by molar-refractivity contribution is 0.415. The quantitative estimate of drug-likeness (QED) is 0.661. The summed E-state index contributed by atoms with van der Waals surface area (Å²) in [4.78, 5) is 0.141. The van der Waals surface area contributed by atoms with Gasteiger partial charge in [-0.2, -0.15) is 4.31 Å². The maximum absolute atomic E-state index is 13.1. The van der Waals surface area contributed by atoms with Gasteiger partial charge in [0.15, 0.2) is 0 Å². The zero-order valence-electron chi connectivity index (χ0n) is 18.2. The molecule has 0 aliphatic carbocycles. The van der Waals surface area contributed by atoms with Crippen LogP contribution in [0.5, 0.6) is 5.75 Å². The van der Waals surface area contributed by atoms with Crippen LogP contribution in [-0.2, 0) is 20.0 Å². The molecule has 1 N–H and O–H groups in total. The maximum atomic E-state index is 13.1. The van der Waals surface area contributed by atoms with Crippen molar-refractivity contribution in [3.63, 3.8) is 0 Å². The predicted octanol–water partition coefficient (Wildman–Crippen LogP) is 4.18. The molecule has 0 aromatic heterocycles. The third-order valence-corrected chi connectivity index (χ3v) is 8.75. The number of hydrogen-bond donors (Lipinski definition) is 1. The summed E-state index contributed by atoms with van der Waals surface area (Å²) in [5.74, 6) is 0.530. The van der Waals surface area contributed by atoms with E-state index in [1.807, 2.05) is 13.8 Å². The summed E-state index contributed by atoms with van der Waals surface area (Å²) in [5, 5.41) is 0. The van der Waals surface area contributed by atoms with E-state index >= 15 is 0 Å². The van der Waals surface area contributed by atoms with E-state index in [1.165, 1.54) is 29.6 Å². The number of hydrogen-bond acceptors (Lipinski definition) is 5. The molecule has 2 aromatic rings. The van der Waals surface area contributed by atoms with Crippen LogP contribution in [0.3, 0.4) is 0 Å². The normalized spacial score (nSPS) is 16.1. The molecule has 0 radical (unpaired) electrons. The second-order valence-corrected chi connectivity index (χ2v) is 11.6. The molecule has 0 spiro atoms. The minimum absolute atomic E-state index is 0.0445. The van der Waals surface area contributed by atoms with Crippen LogP contribution >= 0.6 is 0 Å². The molecule has 0 amide bonds. The lowest BCUT2D eigenvalue weighted by atomic mass is 10.0. The smallest absolute Gasteiger partial charge is 0.262 e. The summed E-state index contributed by atoms with van der Waals surface area (Å²) in [6, 6.07) is 10.9. The highest BCUT2D eigenvalue weighted by Crippen LogP contribution is 2.31. The van der Waals surface area contributed by atoms with Crippen molar-refractivity contribution < 1.29 is 21.6 Å². The van der Waals surface area contributed by atoms with Crippen molar-refractivity contribution in [2.75, 3.05) is 24.9 Å². The number of sulfonamides is 2. The van der Waals surface area contributed by atoms with Gasteiger partial charge in [0.25, 0.3) is 10.0 Å². The summed E-state index contributed by atoms with van der Waals surface area (Å²) in [6.45, 7) is 5.00. The molecule has 3 rings (SSSR count). The number of nitrogens with one attached hydrogen (secondary N) is 1. The van der Waals surface area contributed by atoms with Crippen LogP contribution in [-0.4, -0.2) is 41.3 Å². The summed E-state index contributed by atoms with van der Waals surface area (Å²) < 4.78 is 61.4. The first kappa shape index (κ1) is 23.6. The third-order valence-electron chi connectivity index (χ3n) is 5.48. The van der Waals surface area contributed by atoms with Gasteiger partial charge in [0, 0.05) is 13.1 Å². The molecular formula is C22H30N2O5S2. The second kappa shape index (κ2) is 9.58. The van der Waals surface area contributed by atoms with Gasteiger partial charge in [-0.1, -0.05) is 38.8 Å². The van der Waals surface area contributed by atoms with Crippen molar-refractivity contribution in [3.05, 3.63) is 48.0 Å². The topological polar surface area (TPSA) is 92.8 Å². The third kappa shape index (κ3) is 5.39. The number of methoxy groups -OCH3 is 1. The Balaban J connectivity index is 1.93. The van der Waals surface area contributed by atoms with Gasteiger partial charge in [-0.3, -0.25) is 4.72 Å². The molecule has 1 fully saturated rings. The molecule has 7 nitrogen and oxygen atoms in total. The van der Waals surface area contributed by atoms with E-state index < -0.39 is 20.0 Å². The summed E-state index contributed by atoms with van der Waals surface area (Å²) in [6.07, 6.45) is 3.66. The van der Waals surface area contributed by atoms with Crippen molar-refractivity contribution in [3.8, 4) is 5.75 Å². The highest BCUT2D eigenvalue weighted by Gasteiger charge is 2.27. The molecule has 1 aliphatic heterocycles. The highest BCUT2D eigenvalue weighted by atomic mass is 32.2. The molecule has 0 bridgehead atoms. The fraction of sp³-hybridized carbons (Fsp3) is 0.455. The number of benzene rings is 2. The van der Waals surface area contributed by atoms with Crippen LogP contribution in [0.2, 0.25) is 0 Å². The molecule has 31 heavy (non-hydrogen) atoms. The summed E-state index contributed by atoms with van der Waals surface area (Å²) in [5.41, 5.74) is 1.12. The van der Waals surface area contributed by atoms with Crippen molar-refractivity contribution >= 4 is 25.7 Å². The Bertz CT molecular complexity index is 1100. The van der Waals surface area contributed by atoms with Gasteiger partial charge in [-0.25, -0.2) is 16.8 Å². The van der Waals surface area contributed by atoms with Crippen molar-refractivity contribution in [1.82, 2.24) is 4.31 Å². The van der Waals surface area contributed by atoms with Crippen molar-refractivity contribution in [2.45, 2.75) is 55.2 Å². The van der Waals surface area contributed by atoms with E-state index in [2.05, 4.69) is 4.72 Å². The first-order chi connectivity index (χ1) is 14.6. The van der Waals surface area contributed by atoms with Crippen LogP contribution in [0, 0.1) is 0 Å². The molecule has 1 saturated heterocycles. The largest absolute Gasteiger partial charge is 0.495 e. The molecule has 0 atom stereocenters. The second-order valence-electron chi connectivity index (χ2n) is 8.01. The molecular weight excluding hydrogens is 436 g/mol. The van der Waals surface area contributed by atoms with Gasteiger partial charge in [-0.15, -0.1) is 0 Å². The first-order valence-corrected chi connectivity index (χ1v) is 13.4. The van der Waals surface area contributed by atoms with Gasteiger partial charge in [0.2, 0.25) is 10.0 Å². The molecule has 0 unspecified atom stereocenters. The van der Waals surface area contributed by atoms with Crippen LogP contribution in [0.15, 0.2) is 52.3 Å². The Kier molecular flexibility index (Phi) is 7.28. The zero-order chi connectivity index (χ0) is 22.6. The fourth-order valence-corrected chi connectivity index (χ4v) is 6.20. The molecule has 2 aromatic carbocycles. The Morgan fingerprint density at radius 3 is 2.00 bits per heavy atom. The number of nitrogens with zero attached hydrogens (tertiary/aromatic N) is 1. The Morgan fingerprint density at radius 1 is 0.871 bits per heavy atom. The predicted molar refractivity (Wildman–Crippen MR) is 122 cm³/mol. The minimum Gasteiger partial charge on any atom is -0.495 e. The SMILES string of the molecule is COc1ccc(S(=O)(=O)N2CCCCCC2)cc1NS(=O)(=O)c1ccc(C(C)C)cc1. The molecule has 0 saturated carbocycles. The zero-order valence-corrected chi connectivity index (χ0v) is 19.8. The van der Waals surface area contributed by atoms with Gasteiger partial charge in [0.1, 0.15) is 5.75 Å². The van der Waals surface area contributed by atoms with Gasteiger partial charge in [-0.05, 0) is 54.7 Å². The van der Waals surface area contributed by atoms with Crippen molar-refractivity contribution in [1.29, 1.82) is 0 Å². The summed E-state index contributed by atoms with van der Waals surface area (Å²) in [7, 11) is -6.23. The van der Waals surface area contributed by atoms with Gasteiger partial charge < -0.3 is 4.74 Å². The van der Waals surface area contributed by atoms with Crippen LogP contribution in [0.4, 0.5) is 5.69 Å². The fourth-order valence-electron chi connectivity index (χ4n) is 3.59. The minimum atomic E-state index is -3.92. The van der Waals surface area contributed by atoms with E-state index in [4.69, 9.17) is 4.74 Å². The van der Waals surface area contributed by atoms with Gasteiger partial charge in [0.05, 0.1) is 22.6 Å². The van der Waals surface area contributed by atoms with Crippen LogP contribution in [0.1, 0.15) is 51.0 Å².